The molecule has 0 radical (unpaired) electrons. The molecule has 2 nitrogen and oxygen atoms in total. The van der Waals surface area contributed by atoms with Gasteiger partial charge in [0.15, 0.2) is 0 Å². The molecule has 0 saturated carbocycles. The predicted octanol–water partition coefficient (Wildman–Crippen LogP) is 4.11. The van der Waals surface area contributed by atoms with Crippen LogP contribution in [-0.4, -0.2) is 5.91 Å². The minimum absolute atomic E-state index is 0.0525. The third kappa shape index (κ3) is 3.54. The minimum Gasteiger partial charge on any atom is -0.346 e. The number of rotatable bonds is 3. The lowest BCUT2D eigenvalue weighted by molar-refractivity contribution is 0.0939. The third-order valence-corrected chi connectivity index (χ3v) is 3.09. The van der Waals surface area contributed by atoms with Crippen molar-refractivity contribution in [2.45, 2.75) is 13.0 Å². The maximum atomic E-state index is 13.1. The number of halogens is 3. The molecule has 2 rings (SSSR count). The molecule has 1 amide bonds. The van der Waals surface area contributed by atoms with E-state index < -0.39 is 17.5 Å². The molecule has 0 saturated heterocycles. The van der Waals surface area contributed by atoms with Crippen LogP contribution >= 0.6 is 11.6 Å². The average molecular weight is 296 g/mol. The van der Waals surface area contributed by atoms with Crippen LogP contribution in [0.1, 0.15) is 28.9 Å². The van der Waals surface area contributed by atoms with Crippen molar-refractivity contribution in [1.29, 1.82) is 0 Å². The number of nitrogens with one attached hydrogen (secondary N) is 1. The van der Waals surface area contributed by atoms with Gasteiger partial charge in [-0.15, -0.1) is 0 Å². The van der Waals surface area contributed by atoms with Crippen LogP contribution in [0.15, 0.2) is 42.5 Å². The highest BCUT2D eigenvalue weighted by molar-refractivity contribution is 6.30. The average Bonchev–Trinajstić information content (AvgIpc) is 2.38. The standard InChI is InChI=1S/C15H12ClF2NO/c1-9(10-2-4-12(16)5-3-10)19-15(20)11-6-13(17)8-14(18)7-11/h2-9H,1H3,(H,19,20). The van der Waals surface area contributed by atoms with Crippen LogP contribution in [0.5, 0.6) is 0 Å². The SMILES string of the molecule is CC(NC(=O)c1cc(F)cc(F)c1)c1ccc(Cl)cc1. The van der Waals surface area contributed by atoms with E-state index in [1.54, 1.807) is 31.2 Å². The van der Waals surface area contributed by atoms with Crippen molar-refractivity contribution in [3.05, 3.63) is 70.2 Å². The van der Waals surface area contributed by atoms with E-state index in [2.05, 4.69) is 5.32 Å². The summed E-state index contributed by atoms with van der Waals surface area (Å²) in [5.74, 6) is -2.10. The Kier molecular flexibility index (Phi) is 4.35. The van der Waals surface area contributed by atoms with Crippen LogP contribution in [0.4, 0.5) is 8.78 Å². The van der Waals surface area contributed by atoms with E-state index in [1.165, 1.54) is 0 Å². The van der Waals surface area contributed by atoms with Gasteiger partial charge < -0.3 is 5.32 Å². The molecule has 0 fully saturated rings. The maximum absolute atomic E-state index is 13.1. The van der Waals surface area contributed by atoms with Crippen molar-refractivity contribution >= 4 is 17.5 Å². The molecule has 0 aliphatic rings. The Balaban J connectivity index is 2.12. The van der Waals surface area contributed by atoms with Gasteiger partial charge in [0.05, 0.1) is 6.04 Å². The molecule has 20 heavy (non-hydrogen) atoms. The van der Waals surface area contributed by atoms with Crippen molar-refractivity contribution < 1.29 is 13.6 Å². The van der Waals surface area contributed by atoms with Crippen molar-refractivity contribution in [2.24, 2.45) is 0 Å². The fourth-order valence-electron chi connectivity index (χ4n) is 1.80. The molecule has 0 aliphatic heterocycles. The van der Waals surface area contributed by atoms with Crippen LogP contribution < -0.4 is 5.32 Å². The zero-order valence-electron chi connectivity index (χ0n) is 10.7. The summed E-state index contributed by atoms with van der Waals surface area (Å²) in [5.41, 5.74) is 0.794. The Hall–Kier alpha value is -1.94. The van der Waals surface area contributed by atoms with Crippen molar-refractivity contribution in [3.63, 3.8) is 0 Å². The molecule has 1 N–H and O–H groups in total. The normalized spacial score (nSPS) is 12.0. The number of benzene rings is 2. The van der Waals surface area contributed by atoms with Gasteiger partial charge in [0, 0.05) is 16.7 Å². The molecule has 0 bridgehead atoms. The van der Waals surface area contributed by atoms with Crippen molar-refractivity contribution in [2.75, 3.05) is 0 Å². The highest BCUT2D eigenvalue weighted by atomic mass is 35.5. The number of hydrogen-bond acceptors (Lipinski definition) is 1. The quantitative estimate of drug-likeness (QED) is 0.907. The van der Waals surface area contributed by atoms with Gasteiger partial charge in [0.1, 0.15) is 11.6 Å². The molecule has 2 aromatic carbocycles. The fraction of sp³-hybridized carbons (Fsp3) is 0.133. The first-order chi connectivity index (χ1) is 9.45. The van der Waals surface area contributed by atoms with E-state index in [0.717, 1.165) is 23.8 Å². The predicted molar refractivity (Wildman–Crippen MR) is 73.7 cm³/mol. The van der Waals surface area contributed by atoms with Gasteiger partial charge >= 0.3 is 0 Å². The first-order valence-electron chi connectivity index (χ1n) is 5.98. The van der Waals surface area contributed by atoms with Crippen LogP contribution in [0.25, 0.3) is 0 Å². The second-order valence-corrected chi connectivity index (χ2v) is 4.84. The van der Waals surface area contributed by atoms with E-state index in [1.807, 2.05) is 0 Å². The monoisotopic (exact) mass is 295 g/mol. The van der Waals surface area contributed by atoms with E-state index in [0.29, 0.717) is 5.02 Å². The summed E-state index contributed by atoms with van der Waals surface area (Å²) in [6.07, 6.45) is 0. The molecule has 104 valence electrons. The van der Waals surface area contributed by atoms with E-state index in [-0.39, 0.29) is 11.6 Å². The van der Waals surface area contributed by atoms with Crippen molar-refractivity contribution in [3.8, 4) is 0 Å². The second kappa shape index (κ2) is 6.01. The van der Waals surface area contributed by atoms with Crippen LogP contribution in [0.2, 0.25) is 5.02 Å². The number of hydrogen-bond donors (Lipinski definition) is 1. The largest absolute Gasteiger partial charge is 0.346 e. The summed E-state index contributed by atoms with van der Waals surface area (Å²) < 4.78 is 26.1. The van der Waals surface area contributed by atoms with Gasteiger partial charge in [-0.05, 0) is 36.8 Å². The molecule has 0 spiro atoms. The highest BCUT2D eigenvalue weighted by Crippen LogP contribution is 2.17. The summed E-state index contributed by atoms with van der Waals surface area (Å²) in [5, 5.41) is 3.27. The molecule has 5 heteroatoms. The minimum atomic E-state index is -0.783. The molecular weight excluding hydrogens is 284 g/mol. The molecule has 1 unspecified atom stereocenters. The number of amides is 1. The van der Waals surface area contributed by atoms with Crippen LogP contribution in [0.3, 0.4) is 0 Å². The molecule has 2 aromatic rings. The topological polar surface area (TPSA) is 29.1 Å². The third-order valence-electron chi connectivity index (χ3n) is 2.84. The zero-order chi connectivity index (χ0) is 14.7. The van der Waals surface area contributed by atoms with Crippen LogP contribution in [0, 0.1) is 11.6 Å². The first kappa shape index (κ1) is 14.5. The summed E-state index contributed by atoms with van der Waals surface area (Å²) >= 11 is 5.78. The maximum Gasteiger partial charge on any atom is 0.251 e. The van der Waals surface area contributed by atoms with E-state index >= 15 is 0 Å². The lowest BCUT2D eigenvalue weighted by Crippen LogP contribution is -2.26. The Bertz CT molecular complexity index is 608. The lowest BCUT2D eigenvalue weighted by Gasteiger charge is -2.14. The van der Waals surface area contributed by atoms with Crippen molar-refractivity contribution in [1.82, 2.24) is 5.32 Å². The van der Waals surface area contributed by atoms with Crippen LogP contribution in [-0.2, 0) is 0 Å². The molecule has 0 aliphatic carbocycles. The Morgan fingerprint density at radius 2 is 1.65 bits per heavy atom. The van der Waals surface area contributed by atoms with E-state index in [4.69, 9.17) is 11.6 Å². The first-order valence-corrected chi connectivity index (χ1v) is 6.36. The van der Waals surface area contributed by atoms with Gasteiger partial charge in [-0.1, -0.05) is 23.7 Å². The highest BCUT2D eigenvalue weighted by Gasteiger charge is 2.13. The Labute approximate surface area is 120 Å². The molecular formula is C15H12ClF2NO. The Morgan fingerprint density at radius 3 is 2.20 bits per heavy atom. The lowest BCUT2D eigenvalue weighted by atomic mass is 10.1. The van der Waals surface area contributed by atoms with Gasteiger partial charge in [0.25, 0.3) is 5.91 Å². The summed E-state index contributed by atoms with van der Waals surface area (Å²) in [7, 11) is 0. The van der Waals surface area contributed by atoms with Gasteiger partial charge in [-0.2, -0.15) is 0 Å². The zero-order valence-corrected chi connectivity index (χ0v) is 11.4. The molecule has 0 heterocycles. The Morgan fingerprint density at radius 1 is 1.10 bits per heavy atom. The fourth-order valence-corrected chi connectivity index (χ4v) is 1.93. The summed E-state index contributed by atoms with van der Waals surface area (Å²) in [4.78, 5) is 11.9. The summed E-state index contributed by atoms with van der Waals surface area (Å²) in [6, 6.07) is 9.38. The van der Waals surface area contributed by atoms with E-state index in [9.17, 15) is 13.6 Å². The number of carbonyl (C=O) groups is 1. The van der Waals surface area contributed by atoms with Gasteiger partial charge in [-0.3, -0.25) is 4.79 Å². The summed E-state index contributed by atoms with van der Waals surface area (Å²) in [6.45, 7) is 1.77. The van der Waals surface area contributed by atoms with Gasteiger partial charge in [0.2, 0.25) is 0 Å². The second-order valence-electron chi connectivity index (χ2n) is 4.40. The number of carbonyl (C=O) groups excluding carboxylic acids is 1. The smallest absolute Gasteiger partial charge is 0.251 e. The van der Waals surface area contributed by atoms with Gasteiger partial charge in [-0.25, -0.2) is 8.78 Å². The molecule has 0 aromatic heterocycles. The molecule has 1 atom stereocenters.